The van der Waals surface area contributed by atoms with E-state index in [1.807, 2.05) is 13.0 Å². The van der Waals surface area contributed by atoms with Crippen LogP contribution >= 0.6 is 0 Å². The molecule has 2 N–H and O–H groups in total. The van der Waals surface area contributed by atoms with Crippen molar-refractivity contribution in [3.05, 3.63) is 22.9 Å². The van der Waals surface area contributed by atoms with Gasteiger partial charge in [0.05, 0.1) is 23.4 Å². The Labute approximate surface area is 119 Å². The van der Waals surface area contributed by atoms with E-state index in [4.69, 9.17) is 5.73 Å². The van der Waals surface area contributed by atoms with E-state index in [0.29, 0.717) is 5.57 Å². The SMILES string of the molecule is CCN1CC=C2C(C#N)=C(N)C(C#N)(C#N)[C@H](C)[C@@H]2C1. The molecule has 2 rings (SSSR count). The standard InChI is InChI=1S/C15H17N5/c1-3-20-5-4-11-12(6-16)14(19)15(8-17,9-18)10(2)13(11)7-20/h4,10,13H,3,5,7,19H2,1-2H3/t10-,13+/m1/s1. The van der Waals surface area contributed by atoms with Crippen LogP contribution in [0.2, 0.25) is 0 Å². The van der Waals surface area contributed by atoms with Gasteiger partial charge in [-0.25, -0.2) is 0 Å². The molecular formula is C15H17N5. The average Bonchev–Trinajstić information content (AvgIpc) is 2.49. The topological polar surface area (TPSA) is 101 Å². The third-order valence-electron chi connectivity index (χ3n) is 4.60. The van der Waals surface area contributed by atoms with E-state index in [1.54, 1.807) is 0 Å². The molecule has 2 aliphatic rings. The van der Waals surface area contributed by atoms with Crippen LogP contribution in [0, 0.1) is 51.2 Å². The summed E-state index contributed by atoms with van der Waals surface area (Å²) in [5.74, 6) is -0.222. The van der Waals surface area contributed by atoms with Crippen molar-refractivity contribution in [3.8, 4) is 18.2 Å². The molecule has 0 aromatic carbocycles. The Morgan fingerprint density at radius 1 is 1.40 bits per heavy atom. The van der Waals surface area contributed by atoms with Crippen LogP contribution in [0.1, 0.15) is 13.8 Å². The van der Waals surface area contributed by atoms with E-state index in [1.165, 1.54) is 0 Å². The summed E-state index contributed by atoms with van der Waals surface area (Å²) in [5.41, 5.74) is 5.96. The number of likely N-dealkylation sites (N-methyl/N-ethyl adjacent to an activating group) is 1. The number of nitriles is 3. The molecule has 1 heterocycles. The van der Waals surface area contributed by atoms with Crippen LogP contribution in [-0.4, -0.2) is 24.5 Å². The van der Waals surface area contributed by atoms with Gasteiger partial charge >= 0.3 is 0 Å². The van der Waals surface area contributed by atoms with Crippen molar-refractivity contribution in [1.82, 2.24) is 4.90 Å². The minimum Gasteiger partial charge on any atom is -0.399 e. The van der Waals surface area contributed by atoms with Gasteiger partial charge in [-0.15, -0.1) is 0 Å². The predicted octanol–water partition coefficient (Wildman–Crippen LogP) is 1.28. The number of hydrogen-bond donors (Lipinski definition) is 1. The zero-order valence-electron chi connectivity index (χ0n) is 11.7. The molecule has 0 aromatic rings. The lowest BCUT2D eigenvalue weighted by Gasteiger charge is -2.43. The lowest BCUT2D eigenvalue weighted by Crippen LogP contribution is -2.48. The Morgan fingerprint density at radius 2 is 2.05 bits per heavy atom. The Hall–Kier alpha value is -2.29. The molecule has 0 bridgehead atoms. The summed E-state index contributed by atoms with van der Waals surface area (Å²) in [7, 11) is 0. The Balaban J connectivity index is 2.65. The largest absolute Gasteiger partial charge is 0.399 e. The van der Waals surface area contributed by atoms with Crippen molar-refractivity contribution in [3.63, 3.8) is 0 Å². The smallest absolute Gasteiger partial charge is 0.187 e. The summed E-state index contributed by atoms with van der Waals surface area (Å²) in [4.78, 5) is 2.24. The third-order valence-corrected chi connectivity index (χ3v) is 4.60. The van der Waals surface area contributed by atoms with Gasteiger partial charge in [0.1, 0.15) is 6.07 Å². The highest BCUT2D eigenvalue weighted by Gasteiger charge is 2.51. The van der Waals surface area contributed by atoms with E-state index in [-0.39, 0.29) is 17.5 Å². The molecule has 0 unspecified atom stereocenters. The highest BCUT2D eigenvalue weighted by Crippen LogP contribution is 2.48. The molecule has 102 valence electrons. The quantitative estimate of drug-likeness (QED) is 0.771. The molecule has 0 amide bonds. The summed E-state index contributed by atoms with van der Waals surface area (Å²) >= 11 is 0. The number of nitrogens with zero attached hydrogens (tertiary/aromatic N) is 4. The Bertz CT molecular complexity index is 594. The molecule has 0 saturated carbocycles. The summed E-state index contributed by atoms with van der Waals surface area (Å²) in [6.07, 6.45) is 2.01. The number of hydrogen-bond acceptors (Lipinski definition) is 5. The maximum Gasteiger partial charge on any atom is 0.187 e. The first-order valence-corrected chi connectivity index (χ1v) is 6.71. The van der Waals surface area contributed by atoms with Gasteiger partial charge in [0.25, 0.3) is 0 Å². The van der Waals surface area contributed by atoms with Crippen molar-refractivity contribution in [2.24, 2.45) is 23.0 Å². The summed E-state index contributed by atoms with van der Waals surface area (Å²) in [6.45, 7) is 6.39. The van der Waals surface area contributed by atoms with E-state index in [0.717, 1.165) is 25.2 Å². The number of rotatable bonds is 1. The molecule has 5 nitrogen and oxygen atoms in total. The fraction of sp³-hybridized carbons (Fsp3) is 0.533. The lowest BCUT2D eigenvalue weighted by molar-refractivity contribution is 0.184. The van der Waals surface area contributed by atoms with Crippen LogP contribution in [0.4, 0.5) is 0 Å². The zero-order chi connectivity index (χ0) is 14.9. The second-order valence-electron chi connectivity index (χ2n) is 5.34. The van der Waals surface area contributed by atoms with Crippen molar-refractivity contribution >= 4 is 0 Å². The Kier molecular flexibility index (Phi) is 3.53. The van der Waals surface area contributed by atoms with Crippen molar-refractivity contribution in [1.29, 1.82) is 15.8 Å². The van der Waals surface area contributed by atoms with Crippen LogP contribution in [0.25, 0.3) is 0 Å². The van der Waals surface area contributed by atoms with E-state index in [2.05, 4.69) is 30.0 Å². The molecular weight excluding hydrogens is 250 g/mol. The highest BCUT2D eigenvalue weighted by molar-refractivity contribution is 5.56. The molecule has 0 fully saturated rings. The molecule has 1 aliphatic heterocycles. The number of allylic oxidation sites excluding steroid dienone is 2. The van der Waals surface area contributed by atoms with Crippen LogP contribution in [0.3, 0.4) is 0 Å². The molecule has 0 radical (unpaired) electrons. The predicted molar refractivity (Wildman–Crippen MR) is 73.3 cm³/mol. The van der Waals surface area contributed by atoms with Crippen molar-refractivity contribution in [2.45, 2.75) is 13.8 Å². The first-order valence-electron chi connectivity index (χ1n) is 6.71. The summed E-state index contributed by atoms with van der Waals surface area (Å²) in [6, 6.07) is 6.21. The van der Waals surface area contributed by atoms with Crippen molar-refractivity contribution in [2.75, 3.05) is 19.6 Å². The maximum absolute atomic E-state index is 9.48. The van der Waals surface area contributed by atoms with E-state index >= 15 is 0 Å². The lowest BCUT2D eigenvalue weighted by atomic mass is 9.61. The van der Waals surface area contributed by atoms with E-state index < -0.39 is 5.41 Å². The van der Waals surface area contributed by atoms with Gasteiger partial charge in [-0.2, -0.15) is 15.8 Å². The zero-order valence-corrected chi connectivity index (χ0v) is 11.7. The number of fused-ring (bicyclic) bond motifs is 1. The molecule has 0 spiro atoms. The van der Waals surface area contributed by atoms with Gasteiger partial charge in [0.2, 0.25) is 0 Å². The van der Waals surface area contributed by atoms with Crippen LogP contribution < -0.4 is 5.73 Å². The molecule has 5 heteroatoms. The molecule has 0 aromatic heterocycles. The Morgan fingerprint density at radius 3 is 2.55 bits per heavy atom. The fourth-order valence-corrected chi connectivity index (χ4v) is 3.18. The van der Waals surface area contributed by atoms with Crippen molar-refractivity contribution < 1.29 is 0 Å². The molecule has 2 atom stereocenters. The highest BCUT2D eigenvalue weighted by atomic mass is 15.1. The second kappa shape index (κ2) is 5.00. The van der Waals surface area contributed by atoms with Crippen LogP contribution in [0.5, 0.6) is 0 Å². The van der Waals surface area contributed by atoms with E-state index in [9.17, 15) is 15.8 Å². The van der Waals surface area contributed by atoms with Gasteiger partial charge in [0.15, 0.2) is 5.41 Å². The minimum atomic E-state index is -1.40. The third kappa shape index (κ3) is 1.70. The second-order valence-corrected chi connectivity index (χ2v) is 5.34. The van der Waals surface area contributed by atoms with Gasteiger partial charge in [0, 0.05) is 24.9 Å². The summed E-state index contributed by atoms with van der Waals surface area (Å²) in [5, 5.41) is 28.3. The molecule has 20 heavy (non-hydrogen) atoms. The van der Waals surface area contributed by atoms with Gasteiger partial charge < -0.3 is 5.73 Å². The fourth-order valence-electron chi connectivity index (χ4n) is 3.18. The average molecular weight is 267 g/mol. The van der Waals surface area contributed by atoms with Crippen LogP contribution in [-0.2, 0) is 0 Å². The van der Waals surface area contributed by atoms with Gasteiger partial charge in [-0.3, -0.25) is 4.90 Å². The monoisotopic (exact) mass is 267 g/mol. The van der Waals surface area contributed by atoms with Gasteiger partial charge in [-0.05, 0) is 12.1 Å². The van der Waals surface area contributed by atoms with Crippen LogP contribution in [0.15, 0.2) is 22.9 Å². The minimum absolute atomic E-state index is 0.00458. The first kappa shape index (κ1) is 14.1. The maximum atomic E-state index is 9.48. The molecule has 0 saturated heterocycles. The first-order chi connectivity index (χ1) is 9.55. The number of nitrogens with two attached hydrogens (primary N) is 1. The van der Waals surface area contributed by atoms with Gasteiger partial charge in [-0.1, -0.05) is 19.9 Å². The molecule has 1 aliphatic carbocycles. The normalized spacial score (nSPS) is 28.6. The summed E-state index contributed by atoms with van der Waals surface area (Å²) < 4.78 is 0.